The number of aliphatic carboxylic acids is 1. The molecule has 0 aromatic rings. The number of fused-ring (bicyclic) bond motifs is 9. The number of nitrogens with zero attached hydrogens (tertiary/aromatic N) is 1. The molecule has 0 aromatic heterocycles. The Morgan fingerprint density at radius 2 is 1.64 bits per heavy atom. The molecule has 0 radical (unpaired) electrons. The molecule has 1 amide bonds. The molecule has 2 N–H and O–H groups in total. The number of rotatable bonds is 7. The topological polar surface area (TPSA) is 88.4 Å². The van der Waals surface area contributed by atoms with Gasteiger partial charge < -0.3 is 9.84 Å². The third-order valence-electron chi connectivity index (χ3n) is 18.1. The highest BCUT2D eigenvalue weighted by molar-refractivity contribution is 5.81. The summed E-state index contributed by atoms with van der Waals surface area (Å²) >= 11 is 0. The van der Waals surface area contributed by atoms with E-state index in [0.29, 0.717) is 47.6 Å². The summed E-state index contributed by atoms with van der Waals surface area (Å²) in [6.07, 6.45) is 13.2. The van der Waals surface area contributed by atoms with Crippen molar-refractivity contribution in [3.63, 3.8) is 0 Å². The first-order valence-electron chi connectivity index (χ1n) is 20.4. The number of likely N-dealkylation sites (tertiary alicyclic amines) is 2. The number of piperazine rings is 1. The summed E-state index contributed by atoms with van der Waals surface area (Å²) in [6.45, 7) is 24.7. The number of hydrogen-bond donors (Lipinski definition) is 2. The van der Waals surface area contributed by atoms with Gasteiger partial charge in [-0.2, -0.15) is 0 Å². The van der Waals surface area contributed by atoms with Crippen molar-refractivity contribution in [1.82, 2.24) is 4.90 Å². The first-order valence-corrected chi connectivity index (χ1v) is 20.4. The van der Waals surface area contributed by atoms with Crippen molar-refractivity contribution in [1.29, 1.82) is 0 Å². The van der Waals surface area contributed by atoms with Crippen molar-refractivity contribution in [3.8, 4) is 0 Å². The summed E-state index contributed by atoms with van der Waals surface area (Å²) in [5.41, 5.74) is 0.741. The molecule has 7 aliphatic rings. The van der Waals surface area contributed by atoms with Gasteiger partial charge in [0.25, 0.3) is 0 Å². The number of carboxylic acid groups (broad SMARTS) is 1. The van der Waals surface area contributed by atoms with Crippen LogP contribution < -0.4 is 4.90 Å². The lowest BCUT2D eigenvalue weighted by Gasteiger charge is -2.73. The minimum atomic E-state index is -1.13. The van der Waals surface area contributed by atoms with Gasteiger partial charge in [-0.05, 0) is 143 Å². The van der Waals surface area contributed by atoms with Crippen molar-refractivity contribution < 1.29 is 29.1 Å². The molecule has 5 aliphatic carbocycles. The van der Waals surface area contributed by atoms with Crippen LogP contribution in [0.5, 0.6) is 0 Å². The minimum absolute atomic E-state index is 0.103. The first-order chi connectivity index (χ1) is 23.2. The van der Waals surface area contributed by atoms with Gasteiger partial charge in [-0.1, -0.05) is 46.8 Å². The molecule has 13 unspecified atom stereocenters. The van der Waals surface area contributed by atoms with Gasteiger partial charge in [-0.25, -0.2) is 4.79 Å². The lowest BCUT2D eigenvalue weighted by molar-refractivity contribution is -0.839. The molecule has 7 nitrogen and oxygen atoms in total. The number of carbonyl (C=O) groups excluding carboxylic acids is 2. The Bertz CT molecular complexity index is 1440. The highest BCUT2D eigenvalue weighted by atomic mass is 16.5. The van der Waals surface area contributed by atoms with Gasteiger partial charge in [0.05, 0.1) is 30.8 Å². The Morgan fingerprint density at radius 1 is 0.920 bits per heavy atom. The zero-order valence-electron chi connectivity index (χ0n) is 33.0. The minimum Gasteiger partial charge on any atom is -0.481 e. The van der Waals surface area contributed by atoms with Crippen LogP contribution in [0.25, 0.3) is 0 Å². The van der Waals surface area contributed by atoms with Crippen LogP contribution in [0.15, 0.2) is 12.2 Å². The van der Waals surface area contributed by atoms with E-state index in [-0.39, 0.29) is 45.6 Å². The quantitative estimate of drug-likeness (QED) is 0.222. The molecule has 2 heterocycles. The molecule has 5 saturated carbocycles. The summed E-state index contributed by atoms with van der Waals surface area (Å²) < 4.78 is 6.19. The first kappa shape index (κ1) is 36.6. The molecule has 0 spiro atoms. The van der Waals surface area contributed by atoms with Crippen LogP contribution in [-0.4, -0.2) is 66.2 Å². The Labute approximate surface area is 302 Å². The highest BCUT2D eigenvalue weighted by Gasteiger charge is 2.71. The molecule has 2 aliphatic heterocycles. The maximum atomic E-state index is 14.3. The number of quaternary nitrogens is 1. The summed E-state index contributed by atoms with van der Waals surface area (Å²) in [4.78, 5) is 42.9. The highest BCUT2D eigenvalue weighted by Crippen LogP contribution is 2.78. The molecule has 2 saturated heterocycles. The predicted octanol–water partition coefficient (Wildman–Crippen LogP) is 6.94. The fourth-order valence-electron chi connectivity index (χ4n) is 15.2. The number of ether oxygens (including phenoxy) is 1. The molecule has 7 rings (SSSR count). The monoisotopic (exact) mass is 694 g/mol. The van der Waals surface area contributed by atoms with E-state index in [1.807, 2.05) is 0 Å². The largest absolute Gasteiger partial charge is 0.481 e. The fourth-order valence-corrected chi connectivity index (χ4v) is 15.2. The van der Waals surface area contributed by atoms with Crippen molar-refractivity contribution in [2.75, 3.05) is 20.1 Å². The molecule has 2 bridgehead atoms. The second-order valence-corrected chi connectivity index (χ2v) is 21.1. The average Bonchev–Trinajstić information content (AvgIpc) is 3.71. The van der Waals surface area contributed by atoms with Crippen LogP contribution in [0.4, 0.5) is 0 Å². The number of allylic oxidation sites excluding steroid dienone is 1. The van der Waals surface area contributed by atoms with Crippen molar-refractivity contribution in [2.24, 2.45) is 62.1 Å². The van der Waals surface area contributed by atoms with Crippen LogP contribution in [0.1, 0.15) is 139 Å². The van der Waals surface area contributed by atoms with E-state index in [1.165, 1.54) is 61.8 Å². The average molecular weight is 694 g/mol. The SMILES string of the molecule is C=C(C)C1CCC2(CC(=O)[NH+]3CC4CC3CN4C)CCC3(C)C(CCC4C5(C)CCC(OC(=O)CC(C)(C)C(=O)O)C(C)(C)C5CCC43C)C12. The van der Waals surface area contributed by atoms with Crippen molar-refractivity contribution in [3.05, 3.63) is 12.2 Å². The van der Waals surface area contributed by atoms with E-state index in [9.17, 15) is 19.5 Å². The fraction of sp³-hybridized carbons (Fsp3) is 0.884. The standard InChI is InChI=1S/C43H68N2O5/c1-26(2)29-13-18-43(22-34(46)45-25-27-21-28(45)24-44(27)10)20-19-41(8)30(36(29)43)11-12-32-40(7)16-15-33(50-35(47)23-38(3,4)37(48)49)39(5,6)31(40)14-17-42(32,41)9/h27-33,36H,1,11-25H2,2-10H3,(H,48,49)/p+1. The maximum Gasteiger partial charge on any atom is 0.312 e. The molecule has 13 atom stereocenters. The van der Waals surface area contributed by atoms with E-state index in [1.54, 1.807) is 13.8 Å². The number of nitrogens with one attached hydrogen (secondary N) is 1. The van der Waals surface area contributed by atoms with E-state index in [2.05, 4.69) is 60.1 Å². The van der Waals surface area contributed by atoms with Gasteiger partial charge >= 0.3 is 17.8 Å². The zero-order chi connectivity index (χ0) is 36.4. The lowest BCUT2D eigenvalue weighted by Crippen LogP contribution is -3.18. The van der Waals surface area contributed by atoms with Crippen LogP contribution in [0.2, 0.25) is 0 Å². The van der Waals surface area contributed by atoms with Crippen LogP contribution in [0, 0.1) is 62.1 Å². The van der Waals surface area contributed by atoms with Gasteiger partial charge in [-0.15, -0.1) is 0 Å². The smallest absolute Gasteiger partial charge is 0.312 e. The van der Waals surface area contributed by atoms with Gasteiger partial charge in [0.1, 0.15) is 18.7 Å². The molecule has 0 aromatic carbocycles. The van der Waals surface area contributed by atoms with Crippen LogP contribution in [0.3, 0.4) is 0 Å². The molecule has 50 heavy (non-hydrogen) atoms. The normalized spacial score (nSPS) is 47.8. The van der Waals surface area contributed by atoms with Crippen molar-refractivity contribution >= 4 is 17.8 Å². The number of likely N-dealkylation sites (N-methyl/N-ethyl adjacent to an activating group) is 1. The number of amides is 1. The lowest BCUT2D eigenvalue weighted by atomic mass is 9.32. The Morgan fingerprint density at radius 3 is 2.26 bits per heavy atom. The molecule has 7 fully saturated rings. The van der Waals surface area contributed by atoms with E-state index >= 15 is 0 Å². The number of esters is 1. The molecular formula is C43H69N2O5+. The summed E-state index contributed by atoms with van der Waals surface area (Å²) in [7, 11) is 2.23. The Hall–Kier alpha value is -1.73. The van der Waals surface area contributed by atoms with Gasteiger partial charge in [0, 0.05) is 11.8 Å². The maximum absolute atomic E-state index is 14.3. The van der Waals surface area contributed by atoms with Gasteiger partial charge in [0.2, 0.25) is 0 Å². The predicted molar refractivity (Wildman–Crippen MR) is 195 cm³/mol. The van der Waals surface area contributed by atoms with Crippen molar-refractivity contribution in [2.45, 2.75) is 157 Å². The number of carboxylic acids is 1. The molecule has 280 valence electrons. The second kappa shape index (κ2) is 11.9. The summed E-state index contributed by atoms with van der Waals surface area (Å²) in [5, 5.41) is 9.61. The van der Waals surface area contributed by atoms with Crippen LogP contribution in [-0.2, 0) is 19.1 Å². The van der Waals surface area contributed by atoms with Crippen LogP contribution >= 0.6 is 0 Å². The van der Waals surface area contributed by atoms with E-state index in [0.717, 1.165) is 38.8 Å². The Balaban J connectivity index is 1.13. The third kappa shape index (κ3) is 5.18. The van der Waals surface area contributed by atoms with Gasteiger partial charge in [-0.3, -0.25) is 19.4 Å². The van der Waals surface area contributed by atoms with E-state index < -0.39 is 11.4 Å². The number of hydrogen-bond acceptors (Lipinski definition) is 5. The zero-order valence-corrected chi connectivity index (χ0v) is 33.0. The molecular weight excluding hydrogens is 624 g/mol. The molecule has 7 heteroatoms. The number of carbonyl (C=O) groups is 3. The van der Waals surface area contributed by atoms with E-state index in [4.69, 9.17) is 4.74 Å². The van der Waals surface area contributed by atoms with Gasteiger partial charge in [0.15, 0.2) is 0 Å². The summed E-state index contributed by atoms with van der Waals surface area (Å²) in [6, 6.07) is 1.07. The second-order valence-electron chi connectivity index (χ2n) is 21.1. The Kier molecular flexibility index (Phi) is 8.71. The summed E-state index contributed by atoms with van der Waals surface area (Å²) in [5.74, 6) is 1.91. The third-order valence-corrected chi connectivity index (χ3v) is 18.1.